The highest BCUT2D eigenvalue weighted by Gasteiger charge is 2.32. The molecule has 1 aliphatic rings. The van der Waals surface area contributed by atoms with Crippen LogP contribution in [0.2, 0.25) is 5.02 Å². The van der Waals surface area contributed by atoms with E-state index < -0.39 is 12.0 Å². The van der Waals surface area contributed by atoms with Crippen molar-refractivity contribution >= 4 is 29.1 Å². The van der Waals surface area contributed by atoms with Gasteiger partial charge >= 0.3 is 0 Å². The van der Waals surface area contributed by atoms with Crippen molar-refractivity contribution < 1.29 is 14.7 Å². The first-order chi connectivity index (χ1) is 12.5. The monoisotopic (exact) mass is 369 g/mol. The summed E-state index contributed by atoms with van der Waals surface area (Å²) in [6, 6.07) is 15.2. The molecule has 132 valence electrons. The molecule has 1 saturated heterocycles. The molecule has 0 aliphatic carbocycles. The predicted molar refractivity (Wildman–Crippen MR) is 96.5 cm³/mol. The number of nitriles is 1. The molecule has 0 radical (unpaired) electrons. The summed E-state index contributed by atoms with van der Waals surface area (Å²) in [7, 11) is 0. The molecule has 6 nitrogen and oxygen atoms in total. The van der Waals surface area contributed by atoms with Gasteiger partial charge in [0, 0.05) is 18.1 Å². The topological polar surface area (TPSA) is 84.6 Å². The maximum Gasteiger partial charge on any atom is 0.256 e. The third kappa shape index (κ3) is 3.54. The minimum atomic E-state index is -1.35. The van der Waals surface area contributed by atoms with E-state index in [-0.39, 0.29) is 25.5 Å². The van der Waals surface area contributed by atoms with Crippen LogP contribution in [-0.2, 0) is 9.59 Å². The quantitative estimate of drug-likeness (QED) is 0.898. The van der Waals surface area contributed by atoms with E-state index >= 15 is 0 Å². The Morgan fingerprint density at radius 2 is 1.85 bits per heavy atom. The van der Waals surface area contributed by atoms with E-state index in [0.29, 0.717) is 21.8 Å². The number of anilines is 1. The highest BCUT2D eigenvalue weighted by Crippen LogP contribution is 2.24. The van der Waals surface area contributed by atoms with Crippen LogP contribution in [0.5, 0.6) is 0 Å². The number of halogens is 1. The molecule has 1 aliphatic heterocycles. The lowest BCUT2D eigenvalue weighted by Gasteiger charge is -2.35. The van der Waals surface area contributed by atoms with Crippen molar-refractivity contribution in [3.05, 3.63) is 64.7 Å². The molecule has 2 aromatic carbocycles. The molecule has 0 saturated carbocycles. The third-order valence-corrected chi connectivity index (χ3v) is 4.52. The average molecular weight is 370 g/mol. The first-order valence-electron chi connectivity index (χ1n) is 8.03. The van der Waals surface area contributed by atoms with Crippen molar-refractivity contribution in [2.45, 2.75) is 6.10 Å². The number of carbonyl (C=O) groups excluding carboxylic acids is 2. The summed E-state index contributed by atoms with van der Waals surface area (Å²) in [6.07, 6.45) is -1.35. The highest BCUT2D eigenvalue weighted by atomic mass is 35.5. The second kappa shape index (κ2) is 7.56. The van der Waals surface area contributed by atoms with E-state index in [1.54, 1.807) is 48.5 Å². The lowest BCUT2D eigenvalue weighted by Crippen LogP contribution is -2.53. The fraction of sp³-hybridized carbons (Fsp3) is 0.211. The molecule has 3 rings (SSSR count). The van der Waals surface area contributed by atoms with Crippen LogP contribution in [0.3, 0.4) is 0 Å². The number of aliphatic hydroxyl groups excluding tert-OH is 1. The fourth-order valence-corrected chi connectivity index (χ4v) is 3.01. The van der Waals surface area contributed by atoms with Gasteiger partial charge in [0.25, 0.3) is 5.91 Å². The van der Waals surface area contributed by atoms with Crippen LogP contribution in [0.25, 0.3) is 0 Å². The fourth-order valence-electron chi connectivity index (χ4n) is 2.88. The largest absolute Gasteiger partial charge is 0.378 e. The Bertz CT molecular complexity index is 876. The number of amides is 2. The molecular weight excluding hydrogens is 354 g/mol. The summed E-state index contributed by atoms with van der Waals surface area (Å²) in [5.41, 5.74) is 1.36. The van der Waals surface area contributed by atoms with Gasteiger partial charge in [-0.3, -0.25) is 9.59 Å². The summed E-state index contributed by atoms with van der Waals surface area (Å²) >= 11 is 5.81. The molecule has 1 heterocycles. The lowest BCUT2D eigenvalue weighted by atomic mass is 10.1. The predicted octanol–water partition coefficient (Wildman–Crippen LogP) is 2.12. The number of rotatable bonds is 3. The van der Waals surface area contributed by atoms with Crippen LogP contribution in [0.4, 0.5) is 5.69 Å². The second-order valence-corrected chi connectivity index (χ2v) is 6.32. The van der Waals surface area contributed by atoms with E-state index in [0.717, 1.165) is 0 Å². The zero-order chi connectivity index (χ0) is 18.7. The number of benzene rings is 2. The minimum absolute atomic E-state index is 0.150. The number of para-hydroxylation sites is 1. The molecule has 2 amide bonds. The molecule has 1 fully saturated rings. The number of hydrogen-bond acceptors (Lipinski definition) is 4. The molecule has 2 aromatic rings. The van der Waals surface area contributed by atoms with Crippen LogP contribution in [0.1, 0.15) is 17.2 Å². The molecule has 0 spiro atoms. The Balaban J connectivity index is 1.72. The van der Waals surface area contributed by atoms with Gasteiger partial charge in [-0.2, -0.15) is 5.26 Å². The summed E-state index contributed by atoms with van der Waals surface area (Å²) < 4.78 is 0. The maximum atomic E-state index is 12.5. The van der Waals surface area contributed by atoms with Gasteiger partial charge < -0.3 is 14.9 Å². The average Bonchev–Trinajstić information content (AvgIpc) is 2.67. The molecule has 26 heavy (non-hydrogen) atoms. The van der Waals surface area contributed by atoms with Crippen LogP contribution in [0, 0.1) is 11.3 Å². The van der Waals surface area contributed by atoms with Gasteiger partial charge in [-0.05, 0) is 29.8 Å². The summed E-state index contributed by atoms with van der Waals surface area (Å²) in [4.78, 5) is 27.8. The summed E-state index contributed by atoms with van der Waals surface area (Å²) in [6.45, 7) is 0.384. The molecule has 0 bridgehead atoms. The van der Waals surface area contributed by atoms with Crippen molar-refractivity contribution in [1.29, 1.82) is 5.26 Å². The van der Waals surface area contributed by atoms with Gasteiger partial charge in [-0.15, -0.1) is 0 Å². The Hall–Kier alpha value is -2.88. The first kappa shape index (κ1) is 17.9. The van der Waals surface area contributed by atoms with E-state index in [1.807, 2.05) is 0 Å². The normalized spacial score (nSPS) is 15.5. The van der Waals surface area contributed by atoms with Crippen LogP contribution in [-0.4, -0.2) is 41.5 Å². The molecule has 1 N–H and O–H groups in total. The highest BCUT2D eigenvalue weighted by molar-refractivity contribution is 6.30. The van der Waals surface area contributed by atoms with Gasteiger partial charge in [0.2, 0.25) is 5.91 Å². The van der Waals surface area contributed by atoms with Gasteiger partial charge in [0.1, 0.15) is 12.6 Å². The molecule has 1 atom stereocenters. The smallest absolute Gasteiger partial charge is 0.256 e. The minimum Gasteiger partial charge on any atom is -0.378 e. The number of hydrogen-bond donors (Lipinski definition) is 1. The third-order valence-electron chi connectivity index (χ3n) is 4.27. The molecule has 0 aromatic heterocycles. The first-order valence-corrected chi connectivity index (χ1v) is 8.41. The Labute approximate surface area is 155 Å². The summed E-state index contributed by atoms with van der Waals surface area (Å²) in [5.74, 6) is -0.829. The van der Waals surface area contributed by atoms with Gasteiger partial charge in [-0.25, -0.2) is 0 Å². The lowest BCUT2D eigenvalue weighted by molar-refractivity contribution is -0.144. The van der Waals surface area contributed by atoms with Gasteiger partial charge in [0.05, 0.1) is 11.3 Å². The molecule has 7 heteroatoms. The van der Waals surface area contributed by atoms with E-state index in [4.69, 9.17) is 11.6 Å². The molecular formula is C19H16ClN3O3. The zero-order valence-corrected chi connectivity index (χ0v) is 14.6. The Morgan fingerprint density at radius 3 is 2.50 bits per heavy atom. The second-order valence-electron chi connectivity index (χ2n) is 5.89. The Kier molecular flexibility index (Phi) is 5.21. The number of nitrogens with zero attached hydrogens (tertiary/aromatic N) is 3. The maximum absolute atomic E-state index is 12.5. The molecule has 1 unspecified atom stereocenters. The van der Waals surface area contributed by atoms with Gasteiger partial charge in [-0.1, -0.05) is 35.9 Å². The van der Waals surface area contributed by atoms with Crippen molar-refractivity contribution in [3.63, 3.8) is 0 Å². The van der Waals surface area contributed by atoms with Crippen LogP contribution >= 0.6 is 11.6 Å². The van der Waals surface area contributed by atoms with E-state index in [2.05, 4.69) is 6.07 Å². The standard InChI is InChI=1S/C19H16ClN3O3/c20-15-7-5-13(6-8-15)18(25)19(26)22-9-10-23(17(24)12-22)16-4-2-1-3-14(16)11-21/h1-8,18,25H,9-10,12H2. The number of piperazine rings is 1. The van der Waals surface area contributed by atoms with Crippen molar-refractivity contribution in [3.8, 4) is 6.07 Å². The SMILES string of the molecule is N#Cc1ccccc1N1CCN(C(=O)C(O)c2ccc(Cl)cc2)CC1=O. The van der Waals surface area contributed by atoms with Gasteiger partial charge in [0.15, 0.2) is 6.10 Å². The Morgan fingerprint density at radius 1 is 1.15 bits per heavy atom. The van der Waals surface area contributed by atoms with Crippen molar-refractivity contribution in [2.75, 3.05) is 24.5 Å². The van der Waals surface area contributed by atoms with Crippen molar-refractivity contribution in [1.82, 2.24) is 4.90 Å². The van der Waals surface area contributed by atoms with E-state index in [1.165, 1.54) is 9.80 Å². The summed E-state index contributed by atoms with van der Waals surface area (Å²) in [5, 5.41) is 20.0. The van der Waals surface area contributed by atoms with E-state index in [9.17, 15) is 20.0 Å². The van der Waals surface area contributed by atoms with Crippen LogP contribution < -0.4 is 4.90 Å². The zero-order valence-electron chi connectivity index (χ0n) is 13.8. The number of carbonyl (C=O) groups is 2. The van der Waals surface area contributed by atoms with Crippen molar-refractivity contribution in [2.24, 2.45) is 0 Å². The number of aliphatic hydroxyl groups is 1. The van der Waals surface area contributed by atoms with Crippen LogP contribution in [0.15, 0.2) is 48.5 Å².